The Morgan fingerprint density at radius 1 is 1.25 bits per heavy atom. The molecule has 0 fully saturated rings. The molecule has 3 aromatic heterocycles. The maximum atomic E-state index is 14.2. The summed E-state index contributed by atoms with van der Waals surface area (Å²) >= 11 is 1.45. The number of ether oxygens (including phenoxy) is 1. The first-order chi connectivity index (χ1) is 13.5. The van der Waals surface area contributed by atoms with Crippen LogP contribution in [0.3, 0.4) is 0 Å². The number of rotatable bonds is 6. The van der Waals surface area contributed by atoms with Crippen molar-refractivity contribution in [3.63, 3.8) is 0 Å². The molecule has 0 saturated heterocycles. The lowest BCUT2D eigenvalue weighted by Crippen LogP contribution is -2.02. The van der Waals surface area contributed by atoms with E-state index in [-0.39, 0.29) is 11.5 Å². The molecule has 0 amide bonds. The Morgan fingerprint density at radius 2 is 2.11 bits per heavy atom. The van der Waals surface area contributed by atoms with Crippen molar-refractivity contribution < 1.29 is 13.9 Å². The summed E-state index contributed by atoms with van der Waals surface area (Å²) in [6.45, 7) is 3.87. The largest absolute Gasteiger partial charge is 0.453 e. The standard InChI is InChI=1S/C20H17FN4O2S/c1-12-3-4-17(14(21)9-12)27-18-5-7-22-15-10-19(28-20(15)18)16-11-25(24-23-16)8-6-13(2)26/h3-5,7,9-11H,6,8H2,1-2H3. The first-order valence-electron chi connectivity index (χ1n) is 8.72. The van der Waals surface area contributed by atoms with Crippen LogP contribution in [0.4, 0.5) is 4.39 Å². The van der Waals surface area contributed by atoms with Crippen LogP contribution in [0.25, 0.3) is 20.8 Å². The van der Waals surface area contributed by atoms with E-state index in [1.807, 2.05) is 13.0 Å². The van der Waals surface area contributed by atoms with Crippen LogP contribution in [0, 0.1) is 12.7 Å². The Labute approximate surface area is 164 Å². The summed E-state index contributed by atoms with van der Waals surface area (Å²) < 4.78 is 22.4. The summed E-state index contributed by atoms with van der Waals surface area (Å²) in [7, 11) is 0. The van der Waals surface area contributed by atoms with Crippen LogP contribution in [-0.2, 0) is 11.3 Å². The number of hydrogen-bond acceptors (Lipinski definition) is 6. The summed E-state index contributed by atoms with van der Waals surface area (Å²) in [4.78, 5) is 16.4. The Bertz CT molecular complexity index is 1170. The van der Waals surface area contributed by atoms with E-state index in [4.69, 9.17) is 4.74 Å². The lowest BCUT2D eigenvalue weighted by atomic mass is 10.2. The van der Waals surface area contributed by atoms with Crippen molar-refractivity contribution in [3.05, 3.63) is 54.1 Å². The van der Waals surface area contributed by atoms with Gasteiger partial charge in [0.15, 0.2) is 11.6 Å². The maximum Gasteiger partial charge on any atom is 0.165 e. The molecule has 0 saturated carbocycles. The number of pyridine rings is 1. The Balaban J connectivity index is 1.64. The fourth-order valence-electron chi connectivity index (χ4n) is 2.72. The van der Waals surface area contributed by atoms with E-state index < -0.39 is 5.82 Å². The molecule has 1 aromatic carbocycles. The van der Waals surface area contributed by atoms with Crippen molar-refractivity contribution in [2.24, 2.45) is 0 Å². The number of hydrogen-bond donors (Lipinski definition) is 0. The van der Waals surface area contributed by atoms with Gasteiger partial charge in [0.25, 0.3) is 0 Å². The molecule has 4 rings (SSSR count). The number of halogens is 1. The Hall–Kier alpha value is -3.13. The molecular weight excluding hydrogens is 379 g/mol. The molecular formula is C20H17FN4O2S. The van der Waals surface area contributed by atoms with E-state index in [0.717, 1.165) is 20.7 Å². The zero-order chi connectivity index (χ0) is 19.7. The van der Waals surface area contributed by atoms with Gasteiger partial charge in [-0.15, -0.1) is 16.4 Å². The van der Waals surface area contributed by atoms with Gasteiger partial charge >= 0.3 is 0 Å². The second-order valence-electron chi connectivity index (χ2n) is 6.49. The van der Waals surface area contributed by atoms with Gasteiger partial charge in [0, 0.05) is 25.2 Å². The summed E-state index contributed by atoms with van der Waals surface area (Å²) in [6, 6.07) is 8.47. The highest BCUT2D eigenvalue weighted by atomic mass is 32.1. The zero-order valence-electron chi connectivity index (χ0n) is 15.3. The molecule has 0 aliphatic rings. The smallest absolute Gasteiger partial charge is 0.165 e. The predicted molar refractivity (Wildman–Crippen MR) is 105 cm³/mol. The third-order valence-corrected chi connectivity index (χ3v) is 5.33. The maximum absolute atomic E-state index is 14.2. The highest BCUT2D eigenvalue weighted by molar-refractivity contribution is 7.22. The van der Waals surface area contributed by atoms with Crippen molar-refractivity contribution in [1.29, 1.82) is 0 Å². The fourth-order valence-corrected chi connectivity index (χ4v) is 3.74. The SMILES string of the molecule is CC(=O)CCn1cc(-c2cc3nccc(Oc4ccc(C)cc4F)c3s2)nn1. The monoisotopic (exact) mass is 396 g/mol. The first kappa shape index (κ1) is 18.2. The van der Waals surface area contributed by atoms with Gasteiger partial charge < -0.3 is 4.74 Å². The van der Waals surface area contributed by atoms with Gasteiger partial charge in [-0.2, -0.15) is 0 Å². The fraction of sp³-hybridized carbons (Fsp3) is 0.200. The molecule has 0 aliphatic heterocycles. The van der Waals surface area contributed by atoms with E-state index in [1.54, 1.807) is 42.2 Å². The second-order valence-corrected chi connectivity index (χ2v) is 7.54. The highest BCUT2D eigenvalue weighted by Gasteiger charge is 2.14. The van der Waals surface area contributed by atoms with Crippen molar-refractivity contribution in [2.45, 2.75) is 26.8 Å². The van der Waals surface area contributed by atoms with E-state index in [1.165, 1.54) is 17.4 Å². The number of carbonyl (C=O) groups is 1. The number of ketones is 1. The van der Waals surface area contributed by atoms with Gasteiger partial charge in [0.2, 0.25) is 0 Å². The third-order valence-electron chi connectivity index (χ3n) is 4.17. The topological polar surface area (TPSA) is 69.9 Å². The number of nitrogens with zero attached hydrogens (tertiary/aromatic N) is 4. The highest BCUT2D eigenvalue weighted by Crippen LogP contribution is 2.38. The lowest BCUT2D eigenvalue weighted by molar-refractivity contribution is -0.117. The van der Waals surface area contributed by atoms with Gasteiger partial charge in [-0.1, -0.05) is 11.3 Å². The normalized spacial score (nSPS) is 11.1. The van der Waals surface area contributed by atoms with Crippen LogP contribution in [0.5, 0.6) is 11.5 Å². The van der Waals surface area contributed by atoms with Gasteiger partial charge in [0.05, 0.1) is 21.3 Å². The van der Waals surface area contributed by atoms with Crippen LogP contribution in [0.2, 0.25) is 0 Å². The van der Waals surface area contributed by atoms with Gasteiger partial charge in [0.1, 0.15) is 17.2 Å². The number of aromatic nitrogens is 4. The molecule has 3 heterocycles. The molecule has 28 heavy (non-hydrogen) atoms. The van der Waals surface area contributed by atoms with Crippen molar-refractivity contribution >= 4 is 27.3 Å². The van der Waals surface area contributed by atoms with Crippen LogP contribution in [-0.4, -0.2) is 25.8 Å². The Morgan fingerprint density at radius 3 is 2.89 bits per heavy atom. The molecule has 0 aliphatic carbocycles. The molecule has 142 valence electrons. The average molecular weight is 396 g/mol. The van der Waals surface area contributed by atoms with Gasteiger partial charge in [-0.3, -0.25) is 14.5 Å². The van der Waals surface area contributed by atoms with Crippen LogP contribution >= 0.6 is 11.3 Å². The molecule has 8 heteroatoms. The van der Waals surface area contributed by atoms with Crippen molar-refractivity contribution in [1.82, 2.24) is 20.0 Å². The number of carbonyl (C=O) groups excluding carboxylic acids is 1. The summed E-state index contributed by atoms with van der Waals surface area (Å²) in [5.74, 6) is 0.402. The minimum absolute atomic E-state index is 0.105. The molecule has 4 aromatic rings. The Kier molecular flexibility index (Phi) is 4.87. The molecule has 0 bridgehead atoms. The van der Waals surface area contributed by atoms with E-state index in [0.29, 0.717) is 24.4 Å². The quantitative estimate of drug-likeness (QED) is 0.469. The van der Waals surface area contributed by atoms with Gasteiger partial charge in [-0.05, 0) is 37.6 Å². The molecule has 0 spiro atoms. The zero-order valence-corrected chi connectivity index (χ0v) is 16.2. The van der Waals surface area contributed by atoms with E-state index in [9.17, 15) is 9.18 Å². The summed E-state index contributed by atoms with van der Waals surface area (Å²) in [5, 5.41) is 8.25. The lowest BCUT2D eigenvalue weighted by Gasteiger charge is -2.07. The minimum Gasteiger partial charge on any atom is -0.453 e. The van der Waals surface area contributed by atoms with Crippen molar-refractivity contribution in [2.75, 3.05) is 0 Å². The first-order valence-corrected chi connectivity index (χ1v) is 9.54. The van der Waals surface area contributed by atoms with Crippen LogP contribution in [0.15, 0.2) is 42.7 Å². The molecule has 6 nitrogen and oxygen atoms in total. The predicted octanol–water partition coefficient (Wildman–Crippen LogP) is 4.77. The van der Waals surface area contributed by atoms with Crippen molar-refractivity contribution in [3.8, 4) is 22.1 Å². The minimum atomic E-state index is -0.407. The second kappa shape index (κ2) is 7.47. The summed E-state index contributed by atoms with van der Waals surface area (Å²) in [5.41, 5.74) is 2.26. The molecule has 0 N–H and O–H groups in total. The molecule has 0 atom stereocenters. The van der Waals surface area contributed by atoms with Crippen LogP contribution in [0.1, 0.15) is 18.9 Å². The van der Waals surface area contributed by atoms with E-state index in [2.05, 4.69) is 15.3 Å². The number of benzene rings is 1. The third kappa shape index (κ3) is 3.77. The molecule has 0 unspecified atom stereocenters. The number of fused-ring (bicyclic) bond motifs is 1. The summed E-state index contributed by atoms with van der Waals surface area (Å²) in [6.07, 6.45) is 3.84. The van der Waals surface area contributed by atoms with Crippen LogP contribution < -0.4 is 4.74 Å². The number of aryl methyl sites for hydroxylation is 2. The number of Topliss-reactive ketones (excluding diaryl/α,β-unsaturated/α-hetero) is 1. The van der Waals surface area contributed by atoms with E-state index >= 15 is 0 Å². The average Bonchev–Trinajstić information content (AvgIpc) is 3.29. The number of thiophene rings is 1. The van der Waals surface area contributed by atoms with Gasteiger partial charge in [-0.25, -0.2) is 4.39 Å². The molecule has 0 radical (unpaired) electrons.